The number of rotatable bonds is 2. The molecule has 0 bridgehead atoms. The Morgan fingerprint density at radius 2 is 2.22 bits per heavy atom. The van der Waals surface area contributed by atoms with E-state index in [2.05, 4.69) is 10.5 Å². The van der Waals surface area contributed by atoms with Gasteiger partial charge >= 0.3 is 0 Å². The fourth-order valence-corrected chi connectivity index (χ4v) is 2.97. The van der Waals surface area contributed by atoms with Crippen LogP contribution in [-0.2, 0) is 0 Å². The topological polar surface area (TPSA) is 38.1 Å². The third-order valence-corrected chi connectivity index (χ3v) is 4.11. The Bertz CT molecular complexity index is 585. The smallest absolute Gasteiger partial charge is 0.167 e. The number of halogens is 1. The van der Waals surface area contributed by atoms with Gasteiger partial charge in [-0.2, -0.15) is 0 Å². The first kappa shape index (κ1) is 10.6. The van der Waals surface area contributed by atoms with Crippen LogP contribution in [0.25, 0.3) is 11.3 Å². The monoisotopic (exact) mass is 260 g/mol. The molecular formula is C14H13ClN2O. The van der Waals surface area contributed by atoms with Gasteiger partial charge in [-0.1, -0.05) is 28.9 Å². The van der Waals surface area contributed by atoms with E-state index in [1.807, 2.05) is 30.3 Å². The zero-order chi connectivity index (χ0) is 12.1. The number of fused-ring (bicyclic) bond motifs is 1. The molecule has 0 radical (unpaired) electrons. The normalized spacial score (nSPS) is 29.3. The van der Waals surface area contributed by atoms with Crippen LogP contribution in [0.2, 0.25) is 5.02 Å². The molecule has 2 heterocycles. The van der Waals surface area contributed by atoms with Gasteiger partial charge in [0.1, 0.15) is 5.69 Å². The van der Waals surface area contributed by atoms with E-state index >= 15 is 0 Å². The van der Waals surface area contributed by atoms with Gasteiger partial charge in [0, 0.05) is 22.7 Å². The zero-order valence-corrected chi connectivity index (χ0v) is 10.5. The Morgan fingerprint density at radius 3 is 3.00 bits per heavy atom. The van der Waals surface area contributed by atoms with Crippen molar-refractivity contribution in [3.8, 4) is 11.3 Å². The van der Waals surface area contributed by atoms with Crippen LogP contribution < -0.4 is 5.32 Å². The van der Waals surface area contributed by atoms with E-state index in [1.165, 1.54) is 12.8 Å². The molecule has 1 saturated carbocycles. The Labute approximate surface area is 110 Å². The average Bonchev–Trinajstić information content (AvgIpc) is 2.83. The number of aromatic nitrogens is 1. The minimum absolute atomic E-state index is 0.366. The quantitative estimate of drug-likeness (QED) is 0.899. The van der Waals surface area contributed by atoms with Crippen molar-refractivity contribution in [2.75, 3.05) is 0 Å². The lowest BCUT2D eigenvalue weighted by Gasteiger charge is -2.07. The fraction of sp³-hybridized carbons (Fsp3) is 0.357. The molecule has 3 atom stereocenters. The summed E-state index contributed by atoms with van der Waals surface area (Å²) in [7, 11) is 0. The van der Waals surface area contributed by atoms with Crippen LogP contribution >= 0.6 is 11.6 Å². The standard InChI is InChI=1S/C14H13ClN2O/c15-10-3-1-2-8(4-10)14-7-13(17-18-14)12-6-9-5-11(9)16-12/h1-4,7,9,11-12,16H,5-6H2/t9-,11-,12-/m1/s1. The van der Waals surface area contributed by atoms with Crippen molar-refractivity contribution in [3.63, 3.8) is 0 Å². The van der Waals surface area contributed by atoms with E-state index in [0.29, 0.717) is 11.1 Å². The maximum absolute atomic E-state index is 5.98. The lowest BCUT2D eigenvalue weighted by atomic mass is 10.1. The van der Waals surface area contributed by atoms with E-state index in [1.54, 1.807) is 0 Å². The molecule has 1 aromatic carbocycles. The Hall–Kier alpha value is -1.32. The molecule has 4 heteroatoms. The first-order chi connectivity index (χ1) is 8.79. The summed E-state index contributed by atoms with van der Waals surface area (Å²) >= 11 is 5.98. The van der Waals surface area contributed by atoms with E-state index in [-0.39, 0.29) is 0 Å². The van der Waals surface area contributed by atoms with Gasteiger partial charge in [-0.15, -0.1) is 0 Å². The minimum atomic E-state index is 0.366. The zero-order valence-electron chi connectivity index (χ0n) is 9.77. The van der Waals surface area contributed by atoms with Crippen LogP contribution in [0.15, 0.2) is 34.9 Å². The third kappa shape index (κ3) is 1.74. The molecule has 2 fully saturated rings. The number of hydrogen-bond donors (Lipinski definition) is 1. The second-order valence-electron chi connectivity index (χ2n) is 5.18. The molecule has 1 saturated heterocycles. The van der Waals surface area contributed by atoms with Crippen LogP contribution in [0.3, 0.4) is 0 Å². The van der Waals surface area contributed by atoms with Gasteiger partial charge in [0.25, 0.3) is 0 Å². The first-order valence-electron chi connectivity index (χ1n) is 6.28. The predicted molar refractivity (Wildman–Crippen MR) is 69.3 cm³/mol. The summed E-state index contributed by atoms with van der Waals surface area (Å²) in [5.74, 6) is 1.65. The summed E-state index contributed by atoms with van der Waals surface area (Å²) in [5, 5.41) is 8.46. The maximum atomic E-state index is 5.98. The summed E-state index contributed by atoms with van der Waals surface area (Å²) in [6.45, 7) is 0. The Balaban J connectivity index is 1.61. The first-order valence-corrected chi connectivity index (χ1v) is 6.66. The fourth-order valence-electron chi connectivity index (χ4n) is 2.78. The highest BCUT2D eigenvalue weighted by Gasteiger charge is 2.46. The van der Waals surface area contributed by atoms with Crippen LogP contribution in [-0.4, -0.2) is 11.2 Å². The van der Waals surface area contributed by atoms with Crippen molar-refractivity contribution in [3.05, 3.63) is 41.0 Å². The van der Waals surface area contributed by atoms with Crippen LogP contribution in [0.5, 0.6) is 0 Å². The summed E-state index contributed by atoms with van der Waals surface area (Å²) in [4.78, 5) is 0. The molecule has 0 unspecified atom stereocenters. The van der Waals surface area contributed by atoms with E-state index in [4.69, 9.17) is 16.1 Å². The van der Waals surface area contributed by atoms with E-state index in [0.717, 1.165) is 29.0 Å². The van der Waals surface area contributed by atoms with E-state index < -0.39 is 0 Å². The van der Waals surface area contributed by atoms with Crippen LogP contribution in [0.1, 0.15) is 24.6 Å². The lowest BCUT2D eigenvalue weighted by Crippen LogP contribution is -2.17. The van der Waals surface area contributed by atoms with Gasteiger partial charge in [-0.3, -0.25) is 0 Å². The number of benzene rings is 1. The highest BCUT2D eigenvalue weighted by atomic mass is 35.5. The largest absolute Gasteiger partial charge is 0.356 e. The number of nitrogens with zero attached hydrogens (tertiary/aromatic N) is 1. The van der Waals surface area contributed by atoms with Crippen LogP contribution in [0.4, 0.5) is 0 Å². The molecule has 0 spiro atoms. The van der Waals surface area contributed by atoms with E-state index in [9.17, 15) is 0 Å². The van der Waals surface area contributed by atoms with Crippen molar-refractivity contribution in [1.82, 2.24) is 10.5 Å². The highest BCUT2D eigenvalue weighted by Crippen LogP contribution is 2.46. The molecule has 1 aliphatic heterocycles. The predicted octanol–water partition coefficient (Wildman–Crippen LogP) is 3.42. The summed E-state index contributed by atoms with van der Waals surface area (Å²) in [5.41, 5.74) is 1.99. The Morgan fingerprint density at radius 1 is 1.28 bits per heavy atom. The van der Waals surface area contributed by atoms with Crippen molar-refractivity contribution in [2.45, 2.75) is 24.9 Å². The minimum Gasteiger partial charge on any atom is -0.356 e. The van der Waals surface area contributed by atoms with Crippen molar-refractivity contribution in [1.29, 1.82) is 0 Å². The van der Waals surface area contributed by atoms with Crippen molar-refractivity contribution in [2.24, 2.45) is 5.92 Å². The Kier molecular flexibility index (Phi) is 2.26. The SMILES string of the molecule is Clc1cccc(-c2cc([C@H]3C[C@H]4C[C@H]4N3)no2)c1. The van der Waals surface area contributed by atoms with Gasteiger partial charge in [-0.05, 0) is 30.9 Å². The molecule has 18 heavy (non-hydrogen) atoms. The molecule has 92 valence electrons. The third-order valence-electron chi connectivity index (χ3n) is 3.87. The molecule has 1 aliphatic carbocycles. The van der Waals surface area contributed by atoms with Crippen molar-refractivity contribution >= 4 is 11.6 Å². The van der Waals surface area contributed by atoms with Gasteiger partial charge in [0.2, 0.25) is 0 Å². The molecular weight excluding hydrogens is 248 g/mol. The van der Waals surface area contributed by atoms with Gasteiger partial charge in [0.05, 0.1) is 6.04 Å². The van der Waals surface area contributed by atoms with Gasteiger partial charge in [-0.25, -0.2) is 0 Å². The second kappa shape index (κ2) is 3.84. The number of hydrogen-bond acceptors (Lipinski definition) is 3. The molecule has 3 nitrogen and oxygen atoms in total. The molecule has 4 rings (SSSR count). The van der Waals surface area contributed by atoms with Gasteiger partial charge in [0.15, 0.2) is 5.76 Å². The molecule has 1 aromatic heterocycles. The molecule has 2 aromatic rings. The summed E-state index contributed by atoms with van der Waals surface area (Å²) in [6.07, 6.45) is 2.52. The number of nitrogens with one attached hydrogen (secondary N) is 1. The molecule has 1 N–H and O–H groups in total. The van der Waals surface area contributed by atoms with Crippen LogP contribution in [0, 0.1) is 5.92 Å². The molecule has 0 amide bonds. The second-order valence-corrected chi connectivity index (χ2v) is 5.62. The summed E-state index contributed by atoms with van der Waals surface area (Å²) in [6, 6.07) is 10.8. The number of piperidine rings is 1. The van der Waals surface area contributed by atoms with Crippen molar-refractivity contribution < 1.29 is 4.52 Å². The molecule has 2 aliphatic rings. The lowest BCUT2D eigenvalue weighted by molar-refractivity contribution is 0.407. The van der Waals surface area contributed by atoms with Gasteiger partial charge < -0.3 is 9.84 Å². The average molecular weight is 261 g/mol. The summed E-state index contributed by atoms with van der Waals surface area (Å²) < 4.78 is 5.42. The highest BCUT2D eigenvalue weighted by molar-refractivity contribution is 6.30. The maximum Gasteiger partial charge on any atom is 0.167 e.